The number of aromatic nitrogens is 2. The highest BCUT2D eigenvalue weighted by atomic mass is 79.9. The summed E-state index contributed by atoms with van der Waals surface area (Å²) in [7, 11) is 2.11. The van der Waals surface area contributed by atoms with Crippen molar-refractivity contribution in [2.75, 3.05) is 57.0 Å². The van der Waals surface area contributed by atoms with Crippen LogP contribution in [0.4, 0.5) is 17.2 Å². The van der Waals surface area contributed by atoms with Gasteiger partial charge in [0.2, 0.25) is 5.91 Å². The monoisotopic (exact) mass is 552 g/mol. The van der Waals surface area contributed by atoms with Crippen LogP contribution in [0.3, 0.4) is 0 Å². The summed E-state index contributed by atoms with van der Waals surface area (Å²) in [6, 6.07) is 13.2. The van der Waals surface area contributed by atoms with Gasteiger partial charge in [0.05, 0.1) is 11.9 Å². The van der Waals surface area contributed by atoms with E-state index in [2.05, 4.69) is 53.4 Å². The van der Waals surface area contributed by atoms with Gasteiger partial charge in [-0.15, -0.1) is 0 Å². The number of fused-ring (bicyclic) bond motifs is 1. The Balaban J connectivity index is 1.28. The first kappa shape index (κ1) is 25.7. The first-order valence-corrected chi connectivity index (χ1v) is 12.6. The van der Waals surface area contributed by atoms with Crippen LogP contribution in [0, 0.1) is 0 Å². The molecule has 1 aliphatic heterocycles. The molecule has 1 amide bonds. The zero-order valence-corrected chi connectivity index (χ0v) is 21.7. The molecule has 1 fully saturated rings. The van der Waals surface area contributed by atoms with Gasteiger partial charge < -0.3 is 20.3 Å². The predicted molar refractivity (Wildman–Crippen MR) is 144 cm³/mol. The quantitative estimate of drug-likeness (QED) is 0.305. The molecule has 1 aliphatic rings. The van der Waals surface area contributed by atoms with Crippen LogP contribution in [0.5, 0.6) is 0 Å². The van der Waals surface area contributed by atoms with Crippen molar-refractivity contribution in [3.8, 4) is 0 Å². The lowest BCUT2D eigenvalue weighted by Gasteiger charge is -2.31. The van der Waals surface area contributed by atoms with Crippen LogP contribution in [0.15, 0.2) is 65.4 Å². The van der Waals surface area contributed by atoms with Gasteiger partial charge in [-0.2, -0.15) is 0 Å². The maximum absolute atomic E-state index is 12.4. The molecular weight excluding hydrogens is 524 g/mol. The molecule has 1 aromatic heterocycles. The molecule has 36 heavy (non-hydrogen) atoms. The number of hydrogen-bond donors (Lipinski definition) is 2. The Hall–Kier alpha value is -3.34. The van der Waals surface area contributed by atoms with E-state index in [9.17, 15) is 9.59 Å². The number of likely N-dealkylation sites (N-methyl/N-ethyl adjacent to an activating group) is 1. The van der Waals surface area contributed by atoms with Crippen molar-refractivity contribution in [2.24, 2.45) is 0 Å². The maximum Gasteiger partial charge on any atom is 0.309 e. The van der Waals surface area contributed by atoms with E-state index < -0.39 is 0 Å². The second-order valence-corrected chi connectivity index (χ2v) is 9.47. The summed E-state index contributed by atoms with van der Waals surface area (Å²) < 4.78 is 6.24. The van der Waals surface area contributed by atoms with Crippen molar-refractivity contribution in [3.63, 3.8) is 0 Å². The summed E-state index contributed by atoms with van der Waals surface area (Å²) in [6.45, 7) is 5.11. The Morgan fingerprint density at radius 2 is 1.92 bits per heavy atom. The minimum absolute atomic E-state index is 0.0441. The highest BCUT2D eigenvalue weighted by Crippen LogP contribution is 2.27. The zero-order chi connectivity index (χ0) is 25.3. The Morgan fingerprint density at radius 1 is 1.08 bits per heavy atom. The highest BCUT2D eigenvalue weighted by molar-refractivity contribution is 9.10. The molecule has 1 saturated heterocycles. The number of ether oxygens (including phenoxy) is 1. The molecule has 2 N–H and O–H groups in total. The van der Waals surface area contributed by atoms with Crippen LogP contribution < -0.4 is 10.6 Å². The van der Waals surface area contributed by atoms with Crippen LogP contribution in [-0.4, -0.2) is 78.0 Å². The van der Waals surface area contributed by atoms with E-state index in [1.165, 1.54) is 18.5 Å². The topological polar surface area (TPSA) is 99.7 Å². The smallest absolute Gasteiger partial charge is 0.309 e. The van der Waals surface area contributed by atoms with Gasteiger partial charge >= 0.3 is 5.97 Å². The standard InChI is InChI=1S/C26H29BrN6O3/c1-32-10-12-33(13-11-32)14-15-36-25(35)7-3-6-24(34)30-21-8-9-23-22(17-21)26(29-18-28-23)31-20-5-2-4-19(27)16-20/h2-6,8-9,16-18H,7,10-15H2,1H3,(H,30,34)(H,28,29,31). The third kappa shape index (κ3) is 7.58. The molecule has 0 aliphatic carbocycles. The molecule has 2 aromatic carbocycles. The Labute approximate surface area is 218 Å². The third-order valence-electron chi connectivity index (χ3n) is 5.81. The van der Waals surface area contributed by atoms with Crippen LogP contribution in [0.2, 0.25) is 0 Å². The summed E-state index contributed by atoms with van der Waals surface area (Å²) in [4.78, 5) is 37.6. The number of anilines is 3. The molecule has 188 valence electrons. The van der Waals surface area contributed by atoms with E-state index in [1.54, 1.807) is 6.07 Å². The second kappa shape index (κ2) is 12.6. The van der Waals surface area contributed by atoms with Gasteiger partial charge in [-0.3, -0.25) is 14.5 Å². The summed E-state index contributed by atoms with van der Waals surface area (Å²) in [5.74, 6) is -0.0544. The van der Waals surface area contributed by atoms with Crippen molar-refractivity contribution in [2.45, 2.75) is 6.42 Å². The van der Waals surface area contributed by atoms with E-state index in [0.717, 1.165) is 53.8 Å². The van der Waals surface area contributed by atoms with E-state index in [0.29, 0.717) is 18.1 Å². The number of amides is 1. The average Bonchev–Trinajstić information content (AvgIpc) is 2.86. The molecule has 10 heteroatoms. The molecule has 0 unspecified atom stereocenters. The number of carbonyl (C=O) groups is 2. The lowest BCUT2D eigenvalue weighted by Crippen LogP contribution is -2.45. The molecule has 3 aromatic rings. The van der Waals surface area contributed by atoms with Crippen LogP contribution in [0.1, 0.15) is 6.42 Å². The fourth-order valence-corrected chi connectivity index (χ4v) is 4.20. The largest absolute Gasteiger partial charge is 0.464 e. The van der Waals surface area contributed by atoms with Crippen molar-refractivity contribution in [1.29, 1.82) is 0 Å². The number of halogens is 1. The van der Waals surface area contributed by atoms with Crippen molar-refractivity contribution < 1.29 is 14.3 Å². The zero-order valence-electron chi connectivity index (χ0n) is 20.1. The van der Waals surface area contributed by atoms with Crippen LogP contribution >= 0.6 is 15.9 Å². The third-order valence-corrected chi connectivity index (χ3v) is 6.30. The molecule has 0 radical (unpaired) electrons. The molecule has 0 atom stereocenters. The van der Waals surface area contributed by atoms with Gasteiger partial charge in [-0.1, -0.05) is 28.1 Å². The maximum atomic E-state index is 12.4. The molecule has 4 rings (SSSR count). The Morgan fingerprint density at radius 3 is 2.72 bits per heavy atom. The van der Waals surface area contributed by atoms with Crippen LogP contribution in [0.25, 0.3) is 10.9 Å². The van der Waals surface area contributed by atoms with Gasteiger partial charge in [0.1, 0.15) is 18.8 Å². The van der Waals surface area contributed by atoms with Gasteiger partial charge in [-0.25, -0.2) is 9.97 Å². The number of piperazine rings is 1. The second-order valence-electron chi connectivity index (χ2n) is 8.55. The number of rotatable bonds is 9. The van der Waals surface area contributed by atoms with E-state index >= 15 is 0 Å². The lowest BCUT2D eigenvalue weighted by atomic mass is 10.2. The van der Waals surface area contributed by atoms with Crippen molar-refractivity contribution in [1.82, 2.24) is 19.8 Å². The van der Waals surface area contributed by atoms with Crippen molar-refractivity contribution >= 4 is 55.9 Å². The van der Waals surface area contributed by atoms with Crippen LogP contribution in [-0.2, 0) is 14.3 Å². The van der Waals surface area contributed by atoms with Gasteiger partial charge in [-0.05, 0) is 49.5 Å². The van der Waals surface area contributed by atoms with Gasteiger partial charge in [0.25, 0.3) is 0 Å². The predicted octanol–water partition coefficient (Wildman–Crippen LogP) is 3.81. The lowest BCUT2D eigenvalue weighted by molar-refractivity contribution is -0.143. The summed E-state index contributed by atoms with van der Waals surface area (Å²) in [5, 5.41) is 6.88. The Bertz CT molecular complexity index is 1240. The number of nitrogens with zero attached hydrogens (tertiary/aromatic N) is 4. The van der Waals surface area contributed by atoms with Gasteiger partial charge in [0.15, 0.2) is 0 Å². The fraction of sp³-hybridized carbons (Fsp3) is 0.308. The highest BCUT2D eigenvalue weighted by Gasteiger charge is 2.13. The SMILES string of the molecule is CN1CCN(CCOC(=O)CC=CC(=O)Nc2ccc3ncnc(Nc4cccc(Br)c4)c3c2)CC1. The molecule has 0 spiro atoms. The first-order chi connectivity index (χ1) is 17.5. The summed E-state index contributed by atoms with van der Waals surface area (Å²) >= 11 is 3.46. The van der Waals surface area contributed by atoms with E-state index in [-0.39, 0.29) is 18.3 Å². The number of benzene rings is 2. The molecular formula is C26H29BrN6O3. The molecule has 2 heterocycles. The number of carbonyl (C=O) groups excluding carboxylic acids is 2. The fourth-order valence-electron chi connectivity index (χ4n) is 3.80. The number of hydrogen-bond acceptors (Lipinski definition) is 8. The Kier molecular flexibility index (Phi) is 8.99. The molecule has 9 nitrogen and oxygen atoms in total. The summed E-state index contributed by atoms with van der Waals surface area (Å²) in [5.41, 5.74) is 2.21. The van der Waals surface area contributed by atoms with Crippen molar-refractivity contribution in [3.05, 3.63) is 65.4 Å². The summed E-state index contributed by atoms with van der Waals surface area (Å²) in [6.07, 6.45) is 4.39. The van der Waals surface area contributed by atoms with E-state index in [1.807, 2.05) is 36.4 Å². The van der Waals surface area contributed by atoms with Gasteiger partial charge in [0, 0.05) is 54.0 Å². The average molecular weight is 553 g/mol. The first-order valence-electron chi connectivity index (χ1n) is 11.8. The number of esters is 1. The molecule has 0 saturated carbocycles. The minimum atomic E-state index is -0.348. The van der Waals surface area contributed by atoms with E-state index in [4.69, 9.17) is 4.74 Å². The molecule has 0 bridgehead atoms. The number of nitrogens with one attached hydrogen (secondary N) is 2. The normalized spacial score (nSPS) is 14.7. The minimum Gasteiger partial charge on any atom is -0.464 e.